The molecular formula is C30H42O5. The molecule has 0 bridgehead atoms. The Labute approximate surface area is 209 Å². The molecular weight excluding hydrogens is 440 g/mol. The largest absolute Gasteiger partial charge is 0.508 e. The van der Waals surface area contributed by atoms with Gasteiger partial charge in [0.25, 0.3) is 0 Å². The fourth-order valence-electron chi connectivity index (χ4n) is 8.71. The van der Waals surface area contributed by atoms with Gasteiger partial charge in [-0.25, -0.2) is 0 Å². The fraction of sp³-hybridized carbons (Fsp3) is 0.700. The van der Waals surface area contributed by atoms with Gasteiger partial charge in [0.15, 0.2) is 11.6 Å². The van der Waals surface area contributed by atoms with Crippen LogP contribution in [0.25, 0.3) is 0 Å². The van der Waals surface area contributed by atoms with Gasteiger partial charge < -0.3 is 19.7 Å². The minimum absolute atomic E-state index is 0.0749. The lowest BCUT2D eigenvalue weighted by atomic mass is 9.46. The predicted octanol–water partition coefficient (Wildman–Crippen LogP) is 5.92. The lowest BCUT2D eigenvalue weighted by Gasteiger charge is -2.60. The normalized spacial score (nSPS) is 42.5. The quantitative estimate of drug-likeness (QED) is 0.389. The zero-order valence-corrected chi connectivity index (χ0v) is 21.8. The molecule has 0 spiro atoms. The topological polar surface area (TPSA) is 76.0 Å². The van der Waals surface area contributed by atoms with Crippen molar-refractivity contribution in [2.45, 2.75) is 97.1 Å². The van der Waals surface area contributed by atoms with Gasteiger partial charge in [0.2, 0.25) is 0 Å². The molecule has 192 valence electrons. The Bertz CT molecular complexity index is 1000. The Kier molecular flexibility index (Phi) is 6.22. The molecule has 35 heavy (non-hydrogen) atoms. The van der Waals surface area contributed by atoms with Crippen molar-refractivity contribution < 1.29 is 24.5 Å². The molecule has 3 fully saturated rings. The van der Waals surface area contributed by atoms with Crippen molar-refractivity contribution in [3.05, 3.63) is 41.5 Å². The molecule has 5 rings (SSSR count). The van der Waals surface area contributed by atoms with Gasteiger partial charge in [0.1, 0.15) is 11.4 Å². The minimum Gasteiger partial charge on any atom is -0.508 e. The number of hydrogen-bond acceptors (Lipinski definition) is 5. The molecule has 3 saturated carbocycles. The zero-order valence-electron chi connectivity index (χ0n) is 21.8. The van der Waals surface area contributed by atoms with Crippen LogP contribution in [0.2, 0.25) is 0 Å². The van der Waals surface area contributed by atoms with Gasteiger partial charge in [-0.2, -0.15) is 0 Å². The van der Waals surface area contributed by atoms with Crippen molar-refractivity contribution in [2.24, 2.45) is 28.6 Å². The summed E-state index contributed by atoms with van der Waals surface area (Å²) in [6.07, 6.45) is 9.57. The Morgan fingerprint density at radius 3 is 2.43 bits per heavy atom. The average molecular weight is 483 g/mol. The molecule has 0 aromatic heterocycles. The van der Waals surface area contributed by atoms with Crippen LogP contribution in [-0.2, 0) is 20.9 Å². The van der Waals surface area contributed by atoms with Crippen LogP contribution in [0.4, 0.5) is 0 Å². The van der Waals surface area contributed by atoms with E-state index in [0.717, 1.165) is 44.1 Å². The van der Waals surface area contributed by atoms with Gasteiger partial charge in [-0.3, -0.25) is 4.79 Å². The Hall–Kier alpha value is -1.69. The molecule has 2 N–H and O–H groups in total. The summed E-state index contributed by atoms with van der Waals surface area (Å²) in [5, 5.41) is 20.9. The monoisotopic (exact) mass is 482 g/mol. The first kappa shape index (κ1) is 25.0. The maximum atomic E-state index is 12.9. The van der Waals surface area contributed by atoms with E-state index in [2.05, 4.69) is 19.9 Å². The number of hydrogen-bond donors (Lipinski definition) is 2. The summed E-state index contributed by atoms with van der Waals surface area (Å²) in [6.45, 7) is 9.40. The highest BCUT2D eigenvalue weighted by molar-refractivity contribution is 5.86. The zero-order chi connectivity index (χ0) is 25.1. The predicted molar refractivity (Wildman–Crippen MR) is 135 cm³/mol. The average Bonchev–Trinajstić information content (AvgIpc) is 3.13. The van der Waals surface area contributed by atoms with Crippen molar-refractivity contribution in [1.82, 2.24) is 0 Å². The number of phenolic OH excluding ortho intramolecular Hbond substituents is 1. The van der Waals surface area contributed by atoms with E-state index in [9.17, 15) is 15.0 Å². The molecule has 4 aliphatic carbocycles. The van der Waals surface area contributed by atoms with E-state index in [4.69, 9.17) is 9.47 Å². The lowest BCUT2D eigenvalue weighted by molar-refractivity contribution is -0.232. The summed E-state index contributed by atoms with van der Waals surface area (Å²) in [5.74, 6) is 0.925. The van der Waals surface area contributed by atoms with Crippen molar-refractivity contribution in [3.8, 4) is 5.75 Å². The molecule has 1 aromatic rings. The van der Waals surface area contributed by atoms with Gasteiger partial charge >= 0.3 is 0 Å². The summed E-state index contributed by atoms with van der Waals surface area (Å²) < 4.78 is 12.4. The van der Waals surface area contributed by atoms with E-state index in [0.29, 0.717) is 43.8 Å². The van der Waals surface area contributed by atoms with Gasteiger partial charge in [0, 0.05) is 24.9 Å². The Morgan fingerprint density at radius 2 is 1.74 bits per heavy atom. The number of ketones is 1. The van der Waals surface area contributed by atoms with Crippen molar-refractivity contribution >= 4 is 5.78 Å². The number of aliphatic hydroxyl groups is 1. The van der Waals surface area contributed by atoms with E-state index >= 15 is 0 Å². The van der Waals surface area contributed by atoms with Gasteiger partial charge in [0.05, 0.1) is 6.61 Å². The van der Waals surface area contributed by atoms with Crippen LogP contribution in [-0.4, -0.2) is 34.0 Å². The van der Waals surface area contributed by atoms with Crippen LogP contribution in [0.3, 0.4) is 0 Å². The van der Waals surface area contributed by atoms with E-state index < -0.39 is 11.4 Å². The molecule has 0 aliphatic heterocycles. The van der Waals surface area contributed by atoms with Crippen LogP contribution in [0.1, 0.15) is 84.6 Å². The number of Topliss-reactive ketones (excluding diaryl/α,β-unsaturated/α-hetero) is 1. The molecule has 5 heteroatoms. The molecule has 4 aliphatic rings. The van der Waals surface area contributed by atoms with Gasteiger partial charge in [-0.05, 0) is 93.2 Å². The maximum absolute atomic E-state index is 12.9. The maximum Gasteiger partial charge on any atom is 0.169 e. The first-order chi connectivity index (χ1) is 16.6. The number of benzene rings is 1. The molecule has 7 atom stereocenters. The first-order valence-corrected chi connectivity index (χ1v) is 13.6. The summed E-state index contributed by atoms with van der Waals surface area (Å²) in [4.78, 5) is 12.9. The SMILES string of the molecule is CCOC1(C(C)=O)CCC2C3CC=C4CC(O)(OCc5ccc(O)cc5)CCC4(C)C3CCC21C. The van der Waals surface area contributed by atoms with Gasteiger partial charge in [-0.1, -0.05) is 37.6 Å². The number of ether oxygens (including phenoxy) is 2. The smallest absolute Gasteiger partial charge is 0.169 e. The Morgan fingerprint density at radius 1 is 1.03 bits per heavy atom. The van der Waals surface area contributed by atoms with Crippen LogP contribution < -0.4 is 0 Å². The number of allylic oxidation sites excluding steroid dienone is 1. The molecule has 0 saturated heterocycles. The molecule has 0 radical (unpaired) electrons. The third-order valence-electron chi connectivity index (χ3n) is 10.6. The number of phenols is 1. The second-order valence-corrected chi connectivity index (χ2v) is 12.1. The van der Waals surface area contributed by atoms with Gasteiger partial charge in [-0.15, -0.1) is 0 Å². The highest BCUT2D eigenvalue weighted by atomic mass is 16.6. The summed E-state index contributed by atoms with van der Waals surface area (Å²) in [6, 6.07) is 6.97. The van der Waals surface area contributed by atoms with E-state index in [1.165, 1.54) is 5.57 Å². The number of carbonyl (C=O) groups excluding carboxylic acids is 1. The van der Waals surface area contributed by atoms with Crippen LogP contribution >= 0.6 is 0 Å². The lowest BCUT2D eigenvalue weighted by Crippen LogP contribution is -2.58. The molecule has 7 unspecified atom stereocenters. The van der Waals surface area contributed by atoms with E-state index in [1.54, 1.807) is 19.1 Å². The number of rotatable bonds is 6. The highest BCUT2D eigenvalue weighted by Crippen LogP contribution is 2.68. The fourth-order valence-corrected chi connectivity index (χ4v) is 8.71. The Balaban J connectivity index is 1.35. The minimum atomic E-state index is -1.15. The third-order valence-corrected chi connectivity index (χ3v) is 10.6. The first-order valence-electron chi connectivity index (χ1n) is 13.6. The van der Waals surface area contributed by atoms with Crippen molar-refractivity contribution in [3.63, 3.8) is 0 Å². The van der Waals surface area contributed by atoms with Crippen molar-refractivity contribution in [2.75, 3.05) is 6.61 Å². The van der Waals surface area contributed by atoms with Crippen molar-refractivity contribution in [1.29, 1.82) is 0 Å². The van der Waals surface area contributed by atoms with E-state index in [1.807, 2.05) is 19.1 Å². The summed E-state index contributed by atoms with van der Waals surface area (Å²) in [7, 11) is 0. The van der Waals surface area contributed by atoms with E-state index in [-0.39, 0.29) is 22.4 Å². The molecule has 0 amide bonds. The van der Waals surface area contributed by atoms with Crippen LogP contribution in [0.15, 0.2) is 35.9 Å². The highest BCUT2D eigenvalue weighted by Gasteiger charge is 2.66. The van der Waals surface area contributed by atoms with Crippen LogP contribution in [0.5, 0.6) is 5.75 Å². The third kappa shape index (κ3) is 3.81. The molecule has 5 nitrogen and oxygen atoms in total. The summed E-state index contributed by atoms with van der Waals surface area (Å²) in [5.41, 5.74) is 1.64. The standard InChI is InChI=1S/C30H42O5/c1-5-34-30(20(2)31)15-13-26-24-11-8-22-18-29(33,35-19-21-6-9-23(32)10-7-21)17-16-27(22,3)25(24)12-14-28(26,30)4/h6-10,24-26,32-33H,5,11-19H2,1-4H3. The molecule has 1 aromatic carbocycles. The number of carbonyl (C=O) groups is 1. The molecule has 0 heterocycles. The second-order valence-electron chi connectivity index (χ2n) is 12.1. The number of aromatic hydroxyl groups is 1. The summed E-state index contributed by atoms with van der Waals surface area (Å²) >= 11 is 0. The number of fused-ring (bicyclic) bond motifs is 5. The van der Waals surface area contributed by atoms with Crippen LogP contribution in [0, 0.1) is 28.6 Å². The second kappa shape index (κ2) is 8.71.